The van der Waals surface area contributed by atoms with Crippen LogP contribution in [0, 0.1) is 0 Å². The zero-order valence-corrected chi connectivity index (χ0v) is 9.68. The van der Waals surface area contributed by atoms with Crippen LogP contribution in [0.5, 0.6) is 0 Å². The third-order valence-electron chi connectivity index (χ3n) is 3.21. The largest absolute Gasteiger partial charge is 0.324 e. The summed E-state index contributed by atoms with van der Waals surface area (Å²) in [6.45, 7) is 0.590. The Hall–Kier alpha value is -0.710. The van der Waals surface area contributed by atoms with Crippen LogP contribution in [-0.2, 0) is 4.79 Å². The number of hydrogen-bond donors (Lipinski definition) is 1. The summed E-state index contributed by atoms with van der Waals surface area (Å²) in [5, 5.41) is 2.94. The molecule has 1 heterocycles. The van der Waals surface area contributed by atoms with Crippen LogP contribution >= 0.6 is 11.8 Å². The zero-order valence-electron chi connectivity index (χ0n) is 8.86. The second-order valence-corrected chi connectivity index (χ2v) is 5.15. The number of rotatable bonds is 2. The summed E-state index contributed by atoms with van der Waals surface area (Å²) in [7, 11) is 0. The maximum absolute atomic E-state index is 11.6. The van der Waals surface area contributed by atoms with E-state index in [9.17, 15) is 9.59 Å². The molecule has 0 radical (unpaired) electrons. The van der Waals surface area contributed by atoms with E-state index in [0.717, 1.165) is 6.42 Å². The second-order valence-electron chi connectivity index (χ2n) is 4.07. The number of carbonyl (C=O) groups excluding carboxylic acids is 2. The van der Waals surface area contributed by atoms with Gasteiger partial charge in [0.05, 0.1) is 0 Å². The van der Waals surface area contributed by atoms with Crippen molar-refractivity contribution >= 4 is 23.7 Å². The Balaban J connectivity index is 2.03. The highest BCUT2D eigenvalue weighted by Crippen LogP contribution is 2.32. The van der Waals surface area contributed by atoms with Crippen molar-refractivity contribution < 1.29 is 9.59 Å². The summed E-state index contributed by atoms with van der Waals surface area (Å²) in [5.74, 6) is -0.144. The minimum Gasteiger partial charge on any atom is -0.320 e. The summed E-state index contributed by atoms with van der Waals surface area (Å²) in [6, 6.07) is 0.130. The SMILES string of the molecule is CSC1CCCC1N1CCC(=O)NC1=O. The lowest BCUT2D eigenvalue weighted by Gasteiger charge is -2.34. The van der Waals surface area contributed by atoms with Gasteiger partial charge >= 0.3 is 6.03 Å². The van der Waals surface area contributed by atoms with Crippen LogP contribution in [0.3, 0.4) is 0 Å². The van der Waals surface area contributed by atoms with Crippen molar-refractivity contribution in [2.75, 3.05) is 12.8 Å². The predicted molar refractivity (Wildman–Crippen MR) is 59.8 cm³/mol. The smallest absolute Gasteiger partial charge is 0.320 e. The average molecular weight is 228 g/mol. The molecule has 2 atom stereocenters. The molecule has 0 aromatic rings. The number of thioether (sulfide) groups is 1. The third-order valence-corrected chi connectivity index (χ3v) is 4.36. The van der Waals surface area contributed by atoms with Gasteiger partial charge in [0.1, 0.15) is 0 Å². The first-order valence-electron chi connectivity index (χ1n) is 5.35. The molecule has 2 aliphatic rings. The number of hydrogen-bond acceptors (Lipinski definition) is 3. The zero-order chi connectivity index (χ0) is 10.8. The van der Waals surface area contributed by atoms with Crippen molar-refractivity contribution in [2.24, 2.45) is 0 Å². The standard InChI is InChI=1S/C10H16N2O2S/c1-15-8-4-2-3-7(8)12-6-5-9(13)11-10(12)14/h7-8H,2-6H2,1H3,(H,11,13,14). The first-order chi connectivity index (χ1) is 7.22. The van der Waals surface area contributed by atoms with E-state index in [2.05, 4.69) is 11.6 Å². The van der Waals surface area contributed by atoms with Crippen LogP contribution in [0.1, 0.15) is 25.7 Å². The molecule has 84 valence electrons. The quantitative estimate of drug-likeness (QED) is 0.773. The summed E-state index contributed by atoms with van der Waals surface area (Å²) in [6.07, 6.45) is 5.99. The maximum atomic E-state index is 11.6. The predicted octanol–water partition coefficient (Wildman–Crippen LogP) is 1.21. The lowest BCUT2D eigenvalue weighted by molar-refractivity contribution is -0.121. The highest BCUT2D eigenvalue weighted by molar-refractivity contribution is 7.99. The van der Waals surface area contributed by atoms with Gasteiger partial charge in [-0.2, -0.15) is 11.8 Å². The van der Waals surface area contributed by atoms with E-state index in [0.29, 0.717) is 24.3 Å². The van der Waals surface area contributed by atoms with Gasteiger partial charge < -0.3 is 4.90 Å². The monoisotopic (exact) mass is 228 g/mol. The van der Waals surface area contributed by atoms with Crippen LogP contribution in [-0.4, -0.2) is 40.9 Å². The summed E-state index contributed by atoms with van der Waals surface area (Å²) in [5.41, 5.74) is 0. The molecular formula is C10H16N2O2S. The van der Waals surface area contributed by atoms with Crippen LogP contribution in [0.2, 0.25) is 0 Å². The molecule has 0 aromatic heterocycles. The highest BCUT2D eigenvalue weighted by atomic mass is 32.2. The van der Waals surface area contributed by atoms with E-state index >= 15 is 0 Å². The Morgan fingerprint density at radius 2 is 2.20 bits per heavy atom. The van der Waals surface area contributed by atoms with E-state index in [1.807, 2.05) is 16.7 Å². The lowest BCUT2D eigenvalue weighted by Crippen LogP contribution is -2.54. The van der Waals surface area contributed by atoms with Gasteiger partial charge in [-0.25, -0.2) is 4.79 Å². The van der Waals surface area contributed by atoms with Gasteiger partial charge in [0.2, 0.25) is 5.91 Å². The molecule has 0 bridgehead atoms. The molecule has 1 saturated heterocycles. The molecule has 2 rings (SSSR count). The fourth-order valence-electron chi connectivity index (χ4n) is 2.43. The number of nitrogens with zero attached hydrogens (tertiary/aromatic N) is 1. The van der Waals surface area contributed by atoms with Gasteiger partial charge in [-0.15, -0.1) is 0 Å². The van der Waals surface area contributed by atoms with Gasteiger partial charge in [-0.05, 0) is 19.1 Å². The van der Waals surface area contributed by atoms with E-state index in [4.69, 9.17) is 0 Å². The molecule has 2 unspecified atom stereocenters. The number of amides is 3. The molecule has 15 heavy (non-hydrogen) atoms. The lowest BCUT2D eigenvalue weighted by atomic mass is 10.2. The molecule has 1 saturated carbocycles. The summed E-state index contributed by atoms with van der Waals surface area (Å²) in [4.78, 5) is 24.5. The minimum absolute atomic E-state index is 0.144. The number of nitrogens with one attached hydrogen (secondary N) is 1. The average Bonchev–Trinajstić information content (AvgIpc) is 2.65. The van der Waals surface area contributed by atoms with Crippen molar-refractivity contribution in [1.82, 2.24) is 10.2 Å². The molecule has 1 aliphatic carbocycles. The first kappa shape index (κ1) is 10.8. The van der Waals surface area contributed by atoms with Crippen molar-refractivity contribution in [1.29, 1.82) is 0 Å². The maximum Gasteiger partial charge on any atom is 0.324 e. The van der Waals surface area contributed by atoms with E-state index in [-0.39, 0.29) is 11.9 Å². The van der Waals surface area contributed by atoms with E-state index in [1.54, 1.807) is 0 Å². The molecule has 1 aliphatic heterocycles. The molecular weight excluding hydrogens is 212 g/mol. The van der Waals surface area contributed by atoms with Gasteiger partial charge in [0.15, 0.2) is 0 Å². The number of imide groups is 1. The Kier molecular flexibility index (Phi) is 3.19. The molecule has 3 amide bonds. The number of urea groups is 1. The Morgan fingerprint density at radius 1 is 1.40 bits per heavy atom. The second kappa shape index (κ2) is 4.43. The third kappa shape index (κ3) is 2.12. The summed E-state index contributed by atoms with van der Waals surface area (Å²) < 4.78 is 0. The van der Waals surface area contributed by atoms with Gasteiger partial charge in [-0.3, -0.25) is 10.1 Å². The topological polar surface area (TPSA) is 49.4 Å². The molecule has 2 fully saturated rings. The van der Waals surface area contributed by atoms with Crippen LogP contribution in [0.4, 0.5) is 4.79 Å². The van der Waals surface area contributed by atoms with Crippen LogP contribution in [0.15, 0.2) is 0 Å². The van der Waals surface area contributed by atoms with Crippen molar-refractivity contribution in [2.45, 2.75) is 37.0 Å². The normalized spacial score (nSPS) is 31.9. The highest BCUT2D eigenvalue weighted by Gasteiger charge is 2.36. The molecule has 0 aromatic carbocycles. The van der Waals surface area contributed by atoms with E-state index < -0.39 is 0 Å². The number of carbonyl (C=O) groups is 2. The van der Waals surface area contributed by atoms with Crippen molar-refractivity contribution in [3.63, 3.8) is 0 Å². The van der Waals surface area contributed by atoms with Gasteiger partial charge in [-0.1, -0.05) is 6.42 Å². The minimum atomic E-state index is -0.197. The Morgan fingerprint density at radius 3 is 2.87 bits per heavy atom. The van der Waals surface area contributed by atoms with Gasteiger partial charge in [0.25, 0.3) is 0 Å². The Bertz CT molecular complexity index is 283. The van der Waals surface area contributed by atoms with E-state index in [1.165, 1.54) is 12.8 Å². The Labute approximate surface area is 93.8 Å². The summed E-state index contributed by atoms with van der Waals surface area (Å²) >= 11 is 1.83. The molecule has 0 spiro atoms. The molecule has 1 N–H and O–H groups in total. The van der Waals surface area contributed by atoms with Gasteiger partial charge in [0, 0.05) is 24.3 Å². The van der Waals surface area contributed by atoms with Crippen molar-refractivity contribution in [3.05, 3.63) is 0 Å². The fourth-order valence-corrected chi connectivity index (χ4v) is 3.43. The fraction of sp³-hybridized carbons (Fsp3) is 0.800. The van der Waals surface area contributed by atoms with Crippen LogP contribution < -0.4 is 5.32 Å². The van der Waals surface area contributed by atoms with Crippen LogP contribution in [0.25, 0.3) is 0 Å². The van der Waals surface area contributed by atoms with Crippen molar-refractivity contribution in [3.8, 4) is 0 Å². The molecule has 4 nitrogen and oxygen atoms in total. The molecule has 5 heteroatoms. The first-order valence-corrected chi connectivity index (χ1v) is 6.64.